The van der Waals surface area contributed by atoms with E-state index in [1.165, 1.54) is 0 Å². The quantitative estimate of drug-likeness (QED) is 0.788. The number of benzene rings is 3. The van der Waals surface area contributed by atoms with Crippen molar-refractivity contribution >= 4 is 32.2 Å². The Labute approximate surface area is 133 Å². The summed E-state index contributed by atoms with van der Waals surface area (Å²) in [6.45, 7) is 0. The Morgan fingerprint density at radius 3 is 2.39 bits per heavy atom. The van der Waals surface area contributed by atoms with Gasteiger partial charge in [-0.15, -0.1) is 0 Å². The molecule has 1 amide bonds. The summed E-state index contributed by atoms with van der Waals surface area (Å²) >= 11 is 0. The van der Waals surface area contributed by atoms with E-state index in [-0.39, 0.29) is 22.1 Å². The zero-order valence-electron chi connectivity index (χ0n) is 12.1. The molecule has 4 nitrogen and oxygen atoms in total. The van der Waals surface area contributed by atoms with Crippen LogP contribution in [0.1, 0.15) is 5.56 Å². The number of sulfone groups is 1. The number of anilines is 1. The van der Waals surface area contributed by atoms with E-state index in [9.17, 15) is 13.2 Å². The van der Waals surface area contributed by atoms with E-state index in [0.717, 1.165) is 5.39 Å². The topological polar surface area (TPSA) is 63.2 Å². The maximum absolute atomic E-state index is 13.2. The van der Waals surface area contributed by atoms with Gasteiger partial charge in [0.1, 0.15) is 0 Å². The summed E-state index contributed by atoms with van der Waals surface area (Å²) < 4.78 is 26.4. The third-order valence-electron chi connectivity index (χ3n) is 4.04. The van der Waals surface area contributed by atoms with Gasteiger partial charge in [-0.2, -0.15) is 0 Å². The second kappa shape index (κ2) is 4.93. The molecule has 0 saturated heterocycles. The van der Waals surface area contributed by atoms with E-state index < -0.39 is 9.84 Å². The number of rotatable bonds is 2. The average Bonchev–Trinajstić information content (AvgIpc) is 2.92. The van der Waals surface area contributed by atoms with Crippen LogP contribution in [0.2, 0.25) is 0 Å². The molecule has 1 aliphatic rings. The molecule has 0 radical (unpaired) electrons. The molecular weight excluding hydrogens is 310 g/mol. The van der Waals surface area contributed by atoms with Crippen molar-refractivity contribution in [3.63, 3.8) is 0 Å². The predicted octanol–water partition coefficient (Wildman–Crippen LogP) is 3.17. The van der Waals surface area contributed by atoms with Crippen molar-refractivity contribution < 1.29 is 13.2 Å². The number of amides is 1. The molecule has 0 fully saturated rings. The summed E-state index contributed by atoms with van der Waals surface area (Å²) in [5.41, 5.74) is 1.14. The molecular formula is C18H13NO3S. The van der Waals surface area contributed by atoms with Gasteiger partial charge in [0.2, 0.25) is 15.7 Å². The lowest BCUT2D eigenvalue weighted by Crippen LogP contribution is -2.07. The molecule has 0 saturated carbocycles. The molecule has 3 aromatic carbocycles. The van der Waals surface area contributed by atoms with Gasteiger partial charge in [0.25, 0.3) is 0 Å². The van der Waals surface area contributed by atoms with Gasteiger partial charge in [-0.3, -0.25) is 4.79 Å². The molecule has 1 aliphatic heterocycles. The third-order valence-corrected chi connectivity index (χ3v) is 5.93. The van der Waals surface area contributed by atoms with Crippen LogP contribution in [-0.2, 0) is 21.1 Å². The maximum atomic E-state index is 13.2. The van der Waals surface area contributed by atoms with Crippen LogP contribution < -0.4 is 5.32 Å². The lowest BCUT2D eigenvalue weighted by molar-refractivity contribution is -0.115. The predicted molar refractivity (Wildman–Crippen MR) is 88.2 cm³/mol. The van der Waals surface area contributed by atoms with Gasteiger partial charge in [-0.25, -0.2) is 8.42 Å². The molecule has 5 heteroatoms. The highest BCUT2D eigenvalue weighted by Crippen LogP contribution is 2.38. The first-order valence-electron chi connectivity index (χ1n) is 7.22. The Balaban J connectivity index is 2.11. The Kier molecular flexibility index (Phi) is 2.99. The Bertz CT molecular complexity index is 1040. The van der Waals surface area contributed by atoms with Crippen molar-refractivity contribution in [2.75, 3.05) is 5.32 Å². The van der Waals surface area contributed by atoms with Gasteiger partial charge >= 0.3 is 0 Å². The minimum atomic E-state index is -3.71. The van der Waals surface area contributed by atoms with E-state index in [1.54, 1.807) is 36.4 Å². The molecule has 0 aromatic heterocycles. The van der Waals surface area contributed by atoms with Crippen molar-refractivity contribution in [3.05, 3.63) is 66.2 Å². The fourth-order valence-electron chi connectivity index (χ4n) is 3.02. The second-order valence-electron chi connectivity index (χ2n) is 5.49. The number of carbonyl (C=O) groups is 1. The van der Waals surface area contributed by atoms with Crippen molar-refractivity contribution in [1.82, 2.24) is 0 Å². The number of hydrogen-bond donors (Lipinski definition) is 1. The molecule has 4 rings (SSSR count). The van der Waals surface area contributed by atoms with Crippen LogP contribution in [0.5, 0.6) is 0 Å². The highest BCUT2D eigenvalue weighted by atomic mass is 32.2. The summed E-state index contributed by atoms with van der Waals surface area (Å²) in [7, 11) is -3.71. The molecule has 0 atom stereocenters. The second-order valence-corrected chi connectivity index (χ2v) is 7.38. The van der Waals surface area contributed by atoms with Gasteiger partial charge in [-0.1, -0.05) is 42.5 Å². The Hall–Kier alpha value is -2.66. The normalized spacial score (nSPS) is 13.8. The number of hydrogen-bond acceptors (Lipinski definition) is 3. The van der Waals surface area contributed by atoms with Gasteiger partial charge in [0, 0.05) is 16.6 Å². The van der Waals surface area contributed by atoms with Crippen molar-refractivity contribution in [2.24, 2.45) is 0 Å². The first-order chi connectivity index (χ1) is 11.1. The van der Waals surface area contributed by atoms with Crippen molar-refractivity contribution in [2.45, 2.75) is 16.2 Å². The summed E-state index contributed by atoms with van der Waals surface area (Å²) in [6.07, 6.45) is 0.0849. The fourth-order valence-corrected chi connectivity index (χ4v) is 4.76. The molecule has 0 aliphatic carbocycles. The van der Waals surface area contributed by atoms with Crippen LogP contribution in [0, 0.1) is 0 Å². The summed E-state index contributed by atoms with van der Waals surface area (Å²) in [4.78, 5) is 12.3. The number of fused-ring (bicyclic) bond motifs is 2. The number of carbonyl (C=O) groups excluding carboxylic acids is 1. The van der Waals surface area contributed by atoms with Crippen molar-refractivity contribution in [1.29, 1.82) is 0 Å². The fraction of sp³-hybridized carbons (Fsp3) is 0.0556. The summed E-state index contributed by atoms with van der Waals surface area (Å²) in [5.74, 6) is -0.181. The van der Waals surface area contributed by atoms with Crippen LogP contribution in [0.3, 0.4) is 0 Å². The SMILES string of the molecule is O=C1Cc2c(cc3ccccc3c2S(=O)(=O)c2ccccc2)N1. The van der Waals surface area contributed by atoms with E-state index in [0.29, 0.717) is 16.6 Å². The average molecular weight is 323 g/mol. The highest BCUT2D eigenvalue weighted by molar-refractivity contribution is 7.91. The minimum Gasteiger partial charge on any atom is -0.325 e. The van der Waals surface area contributed by atoms with Gasteiger partial charge in [-0.05, 0) is 23.6 Å². The summed E-state index contributed by atoms with van der Waals surface area (Å²) in [5, 5.41) is 4.19. The number of nitrogens with one attached hydrogen (secondary N) is 1. The van der Waals surface area contributed by atoms with Crippen LogP contribution in [-0.4, -0.2) is 14.3 Å². The molecule has 1 heterocycles. The molecule has 114 valence electrons. The first kappa shape index (κ1) is 14.0. The highest BCUT2D eigenvalue weighted by Gasteiger charge is 2.30. The summed E-state index contributed by atoms with van der Waals surface area (Å²) in [6, 6.07) is 17.5. The maximum Gasteiger partial charge on any atom is 0.228 e. The molecule has 1 N–H and O–H groups in total. The molecule has 3 aromatic rings. The Morgan fingerprint density at radius 1 is 0.913 bits per heavy atom. The molecule has 23 heavy (non-hydrogen) atoms. The van der Waals surface area contributed by atoms with E-state index in [2.05, 4.69) is 5.32 Å². The van der Waals surface area contributed by atoms with Gasteiger partial charge < -0.3 is 5.32 Å². The minimum absolute atomic E-state index is 0.0849. The Morgan fingerprint density at radius 2 is 1.61 bits per heavy atom. The first-order valence-corrected chi connectivity index (χ1v) is 8.70. The van der Waals surface area contributed by atoms with E-state index >= 15 is 0 Å². The van der Waals surface area contributed by atoms with Crippen LogP contribution in [0.15, 0.2) is 70.5 Å². The smallest absolute Gasteiger partial charge is 0.228 e. The molecule has 0 unspecified atom stereocenters. The van der Waals surface area contributed by atoms with Crippen LogP contribution in [0.4, 0.5) is 5.69 Å². The molecule has 0 spiro atoms. The van der Waals surface area contributed by atoms with Crippen LogP contribution >= 0.6 is 0 Å². The van der Waals surface area contributed by atoms with Crippen molar-refractivity contribution in [3.8, 4) is 0 Å². The zero-order chi connectivity index (χ0) is 16.0. The van der Waals surface area contributed by atoms with Gasteiger partial charge in [0.05, 0.1) is 16.2 Å². The van der Waals surface area contributed by atoms with Gasteiger partial charge in [0.15, 0.2) is 0 Å². The third kappa shape index (κ3) is 2.12. The van der Waals surface area contributed by atoms with E-state index in [1.807, 2.05) is 24.3 Å². The lowest BCUT2D eigenvalue weighted by Gasteiger charge is -2.13. The monoisotopic (exact) mass is 323 g/mol. The zero-order valence-corrected chi connectivity index (χ0v) is 12.9. The largest absolute Gasteiger partial charge is 0.325 e. The molecule has 0 bridgehead atoms. The lowest BCUT2D eigenvalue weighted by atomic mass is 10.0. The standard InChI is InChI=1S/C18H13NO3S/c20-17-11-15-16(19-17)10-12-6-4-5-9-14(12)18(15)23(21,22)13-7-2-1-3-8-13/h1-10H,11H2,(H,19,20). The van der Waals surface area contributed by atoms with Crippen LogP contribution in [0.25, 0.3) is 10.8 Å². The van der Waals surface area contributed by atoms with E-state index in [4.69, 9.17) is 0 Å².